The van der Waals surface area contributed by atoms with Crippen molar-refractivity contribution < 1.29 is 17.5 Å². The predicted octanol–water partition coefficient (Wildman–Crippen LogP) is 3.12. The number of benzene rings is 2. The number of hydrogen-bond donors (Lipinski definition) is 0. The van der Waals surface area contributed by atoms with E-state index < -0.39 is 15.8 Å². The summed E-state index contributed by atoms with van der Waals surface area (Å²) < 4.78 is 47.2. The van der Waals surface area contributed by atoms with E-state index in [0.717, 1.165) is 32.0 Å². The van der Waals surface area contributed by atoms with Gasteiger partial charge in [0.1, 0.15) is 0 Å². The van der Waals surface area contributed by atoms with E-state index in [2.05, 4.69) is 4.90 Å². The highest BCUT2D eigenvalue weighted by Crippen LogP contribution is 2.31. The minimum Gasteiger partial charge on any atom is -0.494 e. The van der Waals surface area contributed by atoms with Gasteiger partial charge in [0.2, 0.25) is 0 Å². The summed E-state index contributed by atoms with van der Waals surface area (Å²) in [5, 5.41) is 0. The van der Waals surface area contributed by atoms with Crippen LogP contribution < -0.4 is 9.04 Å². The van der Waals surface area contributed by atoms with Crippen LogP contribution in [0, 0.1) is 5.82 Å². The van der Waals surface area contributed by atoms with Gasteiger partial charge in [0.15, 0.2) is 11.6 Å². The molecule has 0 aromatic heterocycles. The summed E-state index contributed by atoms with van der Waals surface area (Å²) >= 11 is 0. The number of likely N-dealkylation sites (tertiary alicyclic amines) is 1. The number of sulfonamides is 1. The molecule has 1 aliphatic heterocycles. The average Bonchev–Trinajstić information content (AvgIpc) is 2.64. The summed E-state index contributed by atoms with van der Waals surface area (Å²) in [5.74, 6) is -0.667. The molecule has 2 aromatic rings. The molecule has 1 heterocycles. The normalized spacial score (nSPS) is 16.4. The summed E-state index contributed by atoms with van der Waals surface area (Å²) in [6, 6.07) is 12.6. The molecule has 0 aliphatic carbocycles. The van der Waals surface area contributed by atoms with E-state index in [-0.39, 0.29) is 16.7 Å². The van der Waals surface area contributed by atoms with Crippen molar-refractivity contribution in [1.82, 2.24) is 4.90 Å². The van der Waals surface area contributed by atoms with Crippen LogP contribution >= 0.6 is 0 Å². The van der Waals surface area contributed by atoms with E-state index in [9.17, 15) is 12.8 Å². The molecule has 5 nitrogen and oxygen atoms in total. The summed E-state index contributed by atoms with van der Waals surface area (Å²) in [5.41, 5.74) is 0.596. The number of halogens is 1. The lowest BCUT2D eigenvalue weighted by Gasteiger charge is -2.37. The van der Waals surface area contributed by atoms with E-state index in [1.54, 1.807) is 24.3 Å². The Morgan fingerprint density at radius 2 is 1.77 bits per heavy atom. The van der Waals surface area contributed by atoms with Crippen molar-refractivity contribution in [2.24, 2.45) is 0 Å². The van der Waals surface area contributed by atoms with Crippen LogP contribution in [0.5, 0.6) is 5.75 Å². The number of methoxy groups -OCH3 is 1. The van der Waals surface area contributed by atoms with E-state index in [1.165, 1.54) is 23.5 Å². The molecule has 7 heteroatoms. The molecular weight excluding hydrogens is 355 g/mol. The number of hydrogen-bond acceptors (Lipinski definition) is 4. The van der Waals surface area contributed by atoms with E-state index in [4.69, 9.17) is 4.74 Å². The van der Waals surface area contributed by atoms with Crippen molar-refractivity contribution in [3.8, 4) is 5.75 Å². The van der Waals surface area contributed by atoms with Crippen LogP contribution in [-0.2, 0) is 10.0 Å². The Morgan fingerprint density at radius 3 is 2.35 bits per heavy atom. The Morgan fingerprint density at radius 1 is 1.12 bits per heavy atom. The van der Waals surface area contributed by atoms with Gasteiger partial charge < -0.3 is 9.64 Å². The lowest BCUT2D eigenvalue weighted by Crippen LogP contribution is -2.46. The fourth-order valence-electron chi connectivity index (χ4n) is 3.27. The van der Waals surface area contributed by atoms with Crippen LogP contribution in [0.25, 0.3) is 0 Å². The molecular formula is C19H23FN2O3S. The van der Waals surface area contributed by atoms with Gasteiger partial charge in [0.25, 0.3) is 10.0 Å². The molecule has 0 amide bonds. The van der Waals surface area contributed by atoms with Gasteiger partial charge in [-0.1, -0.05) is 18.2 Å². The first kappa shape index (κ1) is 18.7. The first-order valence-corrected chi connectivity index (χ1v) is 9.99. The second-order valence-electron chi connectivity index (χ2n) is 6.47. The second kappa shape index (κ2) is 7.63. The molecule has 0 unspecified atom stereocenters. The zero-order chi connectivity index (χ0) is 18.7. The maximum atomic E-state index is 14.1. The Bertz CT molecular complexity index is 850. The molecule has 1 aliphatic rings. The fourth-order valence-corrected chi connectivity index (χ4v) is 4.99. The van der Waals surface area contributed by atoms with Crippen LogP contribution in [0.2, 0.25) is 0 Å². The molecule has 0 bridgehead atoms. The third-order valence-electron chi connectivity index (χ3n) is 4.71. The second-order valence-corrected chi connectivity index (χ2v) is 8.28. The number of piperidine rings is 1. The molecule has 1 saturated heterocycles. The highest BCUT2D eigenvalue weighted by molar-refractivity contribution is 7.92. The fraction of sp³-hybridized carbons (Fsp3) is 0.368. The topological polar surface area (TPSA) is 49.9 Å². The van der Waals surface area contributed by atoms with Gasteiger partial charge >= 0.3 is 0 Å². The van der Waals surface area contributed by atoms with E-state index in [1.807, 2.05) is 13.1 Å². The first-order valence-electron chi connectivity index (χ1n) is 8.55. The molecule has 0 saturated carbocycles. The molecule has 2 aromatic carbocycles. The number of ether oxygens (including phenoxy) is 1. The van der Waals surface area contributed by atoms with Crippen molar-refractivity contribution >= 4 is 15.7 Å². The molecule has 1 fully saturated rings. The van der Waals surface area contributed by atoms with Crippen LogP contribution in [0.15, 0.2) is 53.4 Å². The van der Waals surface area contributed by atoms with E-state index >= 15 is 0 Å². The Hall–Kier alpha value is -2.12. The monoisotopic (exact) mass is 378 g/mol. The minimum atomic E-state index is -3.90. The van der Waals surface area contributed by atoms with Gasteiger partial charge in [-0.05, 0) is 63.3 Å². The van der Waals surface area contributed by atoms with Crippen molar-refractivity contribution in [2.75, 3.05) is 31.6 Å². The lowest BCUT2D eigenvalue weighted by molar-refractivity contribution is 0.257. The Balaban J connectivity index is 2.04. The molecule has 0 N–H and O–H groups in total. The maximum Gasteiger partial charge on any atom is 0.264 e. The highest BCUT2D eigenvalue weighted by atomic mass is 32.2. The van der Waals surface area contributed by atoms with Gasteiger partial charge in [-0.2, -0.15) is 0 Å². The summed E-state index contributed by atoms with van der Waals surface area (Å²) in [7, 11) is -0.527. The summed E-state index contributed by atoms with van der Waals surface area (Å²) in [6.45, 7) is 1.64. The van der Waals surface area contributed by atoms with Crippen LogP contribution in [0.4, 0.5) is 10.1 Å². The highest BCUT2D eigenvalue weighted by Gasteiger charge is 2.34. The summed E-state index contributed by atoms with van der Waals surface area (Å²) in [6.07, 6.45) is 1.45. The minimum absolute atomic E-state index is 0.0227. The third kappa shape index (κ3) is 3.68. The van der Waals surface area contributed by atoms with Crippen molar-refractivity contribution in [3.05, 3.63) is 54.3 Å². The van der Waals surface area contributed by atoms with Gasteiger partial charge in [-0.3, -0.25) is 4.31 Å². The van der Waals surface area contributed by atoms with Crippen LogP contribution in [0.1, 0.15) is 12.8 Å². The Labute approximate surface area is 154 Å². The average molecular weight is 378 g/mol. The van der Waals surface area contributed by atoms with Gasteiger partial charge in [0.05, 0.1) is 17.7 Å². The predicted molar refractivity (Wildman–Crippen MR) is 99.6 cm³/mol. The number of anilines is 1. The van der Waals surface area contributed by atoms with Gasteiger partial charge in [0, 0.05) is 6.04 Å². The van der Waals surface area contributed by atoms with Crippen molar-refractivity contribution in [3.63, 3.8) is 0 Å². The number of para-hydroxylation sites is 1. The van der Waals surface area contributed by atoms with Crippen LogP contribution in [-0.4, -0.2) is 46.6 Å². The standard InChI is InChI=1S/C19H23FN2O3S/c1-21-12-10-16(11-13-21)22(15-6-4-3-5-7-15)26(23,24)17-8-9-19(25-2)18(20)14-17/h3-9,14,16H,10-13H2,1-2H3. The zero-order valence-electron chi connectivity index (χ0n) is 14.9. The quantitative estimate of drug-likeness (QED) is 0.802. The Kier molecular flexibility index (Phi) is 5.48. The molecule has 140 valence electrons. The van der Waals surface area contributed by atoms with Crippen molar-refractivity contribution in [1.29, 1.82) is 0 Å². The molecule has 26 heavy (non-hydrogen) atoms. The summed E-state index contributed by atoms with van der Waals surface area (Å²) in [4.78, 5) is 2.11. The largest absolute Gasteiger partial charge is 0.494 e. The van der Waals surface area contributed by atoms with E-state index in [0.29, 0.717) is 5.69 Å². The number of nitrogens with zero attached hydrogens (tertiary/aromatic N) is 2. The first-order chi connectivity index (χ1) is 12.4. The molecule has 0 atom stereocenters. The smallest absolute Gasteiger partial charge is 0.264 e. The van der Waals surface area contributed by atoms with Crippen molar-refractivity contribution in [2.45, 2.75) is 23.8 Å². The molecule has 0 spiro atoms. The maximum absolute atomic E-state index is 14.1. The third-order valence-corrected chi connectivity index (χ3v) is 6.59. The lowest BCUT2D eigenvalue weighted by atomic mass is 10.1. The molecule has 3 rings (SSSR count). The van der Waals surface area contributed by atoms with Gasteiger partial charge in [-0.25, -0.2) is 12.8 Å². The zero-order valence-corrected chi connectivity index (χ0v) is 15.7. The van der Waals surface area contributed by atoms with Crippen LogP contribution in [0.3, 0.4) is 0 Å². The number of rotatable bonds is 5. The SMILES string of the molecule is COc1ccc(S(=O)(=O)N(c2ccccc2)C2CCN(C)CC2)cc1F. The van der Waals surface area contributed by atoms with Gasteiger partial charge in [-0.15, -0.1) is 0 Å². The molecule has 0 radical (unpaired) electrons.